The number of hydrogen-bond acceptors (Lipinski definition) is 3. The first-order valence-electron chi connectivity index (χ1n) is 5.41. The number of carboxylic acids is 1. The molecule has 0 radical (unpaired) electrons. The third-order valence-electron chi connectivity index (χ3n) is 2.99. The van der Waals surface area contributed by atoms with Crippen LogP contribution in [0.25, 0.3) is 0 Å². The van der Waals surface area contributed by atoms with E-state index in [0.717, 1.165) is 0 Å². The topological polar surface area (TPSA) is 85.4 Å². The summed E-state index contributed by atoms with van der Waals surface area (Å²) in [6.45, 7) is 3.86. The second-order valence-corrected chi connectivity index (χ2v) is 4.52. The van der Waals surface area contributed by atoms with Crippen LogP contribution in [-0.2, 0) is 4.79 Å². The van der Waals surface area contributed by atoms with Crippen molar-refractivity contribution in [2.24, 2.45) is 5.92 Å². The summed E-state index contributed by atoms with van der Waals surface area (Å²) in [4.78, 5) is 27.3. The third kappa shape index (κ3) is 1.65. The summed E-state index contributed by atoms with van der Waals surface area (Å²) in [5.74, 6) is -1.03. The second kappa shape index (κ2) is 3.80. The van der Waals surface area contributed by atoms with Gasteiger partial charge in [-0.3, -0.25) is 4.79 Å². The second-order valence-electron chi connectivity index (χ2n) is 4.52. The maximum absolute atomic E-state index is 11.9. The maximum atomic E-state index is 11.9. The first-order valence-corrected chi connectivity index (χ1v) is 5.41. The molecule has 0 fully saturated rings. The number of amides is 1. The van der Waals surface area contributed by atoms with Gasteiger partial charge in [-0.05, 0) is 5.92 Å². The fourth-order valence-corrected chi connectivity index (χ4v) is 2.31. The van der Waals surface area contributed by atoms with E-state index in [1.54, 1.807) is 11.9 Å². The lowest BCUT2D eigenvalue weighted by atomic mass is 9.99. The van der Waals surface area contributed by atoms with E-state index >= 15 is 0 Å². The number of aromatic nitrogens is 1. The van der Waals surface area contributed by atoms with E-state index in [0.29, 0.717) is 11.4 Å². The molecular weight excluding hydrogens is 222 g/mol. The van der Waals surface area contributed by atoms with Crippen LogP contribution in [0.4, 0.5) is 11.4 Å². The molecule has 1 atom stereocenters. The number of likely N-dealkylation sites (N-methyl/N-ethyl adjacent to an activating group) is 1. The van der Waals surface area contributed by atoms with Gasteiger partial charge in [-0.2, -0.15) is 0 Å². The Morgan fingerprint density at radius 1 is 1.53 bits per heavy atom. The molecule has 6 nitrogen and oxygen atoms in total. The summed E-state index contributed by atoms with van der Waals surface area (Å²) >= 11 is 0. The minimum Gasteiger partial charge on any atom is -0.477 e. The molecule has 0 saturated heterocycles. The predicted molar refractivity (Wildman–Crippen MR) is 63.4 cm³/mol. The van der Waals surface area contributed by atoms with Crippen LogP contribution in [0.3, 0.4) is 0 Å². The van der Waals surface area contributed by atoms with E-state index in [-0.39, 0.29) is 23.6 Å². The van der Waals surface area contributed by atoms with Crippen LogP contribution in [-0.4, -0.2) is 35.1 Å². The van der Waals surface area contributed by atoms with Crippen molar-refractivity contribution < 1.29 is 14.7 Å². The molecule has 1 unspecified atom stereocenters. The van der Waals surface area contributed by atoms with Gasteiger partial charge in [-0.25, -0.2) is 4.79 Å². The van der Waals surface area contributed by atoms with E-state index in [4.69, 9.17) is 5.11 Å². The van der Waals surface area contributed by atoms with Crippen LogP contribution in [0, 0.1) is 5.92 Å². The Kier molecular flexibility index (Phi) is 2.57. The summed E-state index contributed by atoms with van der Waals surface area (Å²) in [5, 5.41) is 11.8. The number of carboxylic acid groups (broad SMARTS) is 1. The highest BCUT2D eigenvalue weighted by molar-refractivity contribution is 6.08. The van der Waals surface area contributed by atoms with Crippen molar-refractivity contribution in [2.45, 2.75) is 19.9 Å². The number of fused-ring (bicyclic) bond motifs is 1. The average molecular weight is 237 g/mol. The molecule has 1 aliphatic heterocycles. The van der Waals surface area contributed by atoms with E-state index in [9.17, 15) is 9.59 Å². The average Bonchev–Trinajstić information content (AvgIpc) is 2.60. The van der Waals surface area contributed by atoms with Crippen LogP contribution < -0.4 is 10.2 Å². The lowest BCUT2D eigenvalue weighted by Crippen LogP contribution is -2.49. The largest absolute Gasteiger partial charge is 0.477 e. The molecule has 3 N–H and O–H groups in total. The molecule has 17 heavy (non-hydrogen) atoms. The third-order valence-corrected chi connectivity index (χ3v) is 2.99. The molecule has 0 spiro atoms. The highest BCUT2D eigenvalue weighted by atomic mass is 16.4. The molecule has 0 bridgehead atoms. The maximum Gasteiger partial charge on any atom is 0.354 e. The number of rotatable bonds is 2. The van der Waals surface area contributed by atoms with Crippen LogP contribution >= 0.6 is 0 Å². The quantitative estimate of drug-likeness (QED) is 0.719. The normalized spacial score (nSPS) is 19.2. The van der Waals surface area contributed by atoms with Gasteiger partial charge < -0.3 is 20.3 Å². The molecular formula is C11H15N3O3. The van der Waals surface area contributed by atoms with Crippen molar-refractivity contribution in [1.82, 2.24) is 4.98 Å². The number of hydrogen-bond donors (Lipinski definition) is 3. The molecule has 6 heteroatoms. The van der Waals surface area contributed by atoms with Crippen LogP contribution in [0.2, 0.25) is 0 Å². The van der Waals surface area contributed by atoms with Crippen LogP contribution in [0.5, 0.6) is 0 Å². The van der Waals surface area contributed by atoms with Crippen LogP contribution in [0.15, 0.2) is 6.20 Å². The Hall–Kier alpha value is -1.98. The Balaban J connectivity index is 2.50. The molecule has 1 aromatic heterocycles. The van der Waals surface area contributed by atoms with Crippen molar-refractivity contribution in [3.05, 3.63) is 11.9 Å². The van der Waals surface area contributed by atoms with Gasteiger partial charge in [0.15, 0.2) is 5.69 Å². The molecule has 2 rings (SSSR count). The number of carbonyl (C=O) groups excluding carboxylic acids is 1. The zero-order valence-corrected chi connectivity index (χ0v) is 9.94. The summed E-state index contributed by atoms with van der Waals surface area (Å²) in [6, 6.07) is -0.351. The molecule has 1 aliphatic rings. The Morgan fingerprint density at radius 3 is 2.71 bits per heavy atom. The zero-order valence-electron chi connectivity index (χ0n) is 9.94. The number of aromatic amines is 1. The standard InChI is InChI=1S/C11H15N3O3/c1-5(2)8-10(15)13-6-4-12-7(11(16)17)9(6)14(8)3/h4-5,8,12H,1-3H3,(H,13,15)(H,16,17). The van der Waals surface area contributed by atoms with Gasteiger partial charge in [0.2, 0.25) is 5.91 Å². The SMILES string of the molecule is CC(C)C1C(=O)Nc2c[nH]c(C(=O)O)c2N1C. The Labute approximate surface area is 98.6 Å². The number of carbonyl (C=O) groups is 2. The minimum absolute atomic E-state index is 0.102. The summed E-state index contributed by atoms with van der Waals surface area (Å²) in [6.07, 6.45) is 1.50. The van der Waals surface area contributed by atoms with E-state index in [1.165, 1.54) is 6.20 Å². The minimum atomic E-state index is -1.03. The predicted octanol–water partition coefficient (Wildman–Crippen LogP) is 1.13. The van der Waals surface area contributed by atoms with Crippen molar-refractivity contribution in [3.63, 3.8) is 0 Å². The van der Waals surface area contributed by atoms with Crippen molar-refractivity contribution in [2.75, 3.05) is 17.3 Å². The molecule has 0 aliphatic carbocycles. The van der Waals surface area contributed by atoms with Crippen molar-refractivity contribution >= 4 is 23.3 Å². The van der Waals surface area contributed by atoms with Gasteiger partial charge in [0.25, 0.3) is 0 Å². The fourth-order valence-electron chi connectivity index (χ4n) is 2.31. The summed E-state index contributed by atoms with van der Waals surface area (Å²) < 4.78 is 0. The van der Waals surface area contributed by atoms with Gasteiger partial charge in [0.05, 0.1) is 11.4 Å². The van der Waals surface area contributed by atoms with Gasteiger partial charge in [0, 0.05) is 13.2 Å². The first-order chi connectivity index (χ1) is 7.93. The van der Waals surface area contributed by atoms with Gasteiger partial charge in [-0.1, -0.05) is 13.8 Å². The molecule has 0 saturated carbocycles. The number of H-pyrrole nitrogens is 1. The fraction of sp³-hybridized carbons (Fsp3) is 0.455. The molecule has 0 aromatic carbocycles. The first kappa shape index (κ1) is 11.5. The Bertz CT molecular complexity index is 478. The van der Waals surface area contributed by atoms with Gasteiger partial charge in [0.1, 0.15) is 6.04 Å². The Morgan fingerprint density at radius 2 is 2.18 bits per heavy atom. The number of nitrogens with one attached hydrogen (secondary N) is 2. The monoisotopic (exact) mass is 237 g/mol. The summed E-state index contributed by atoms with van der Waals surface area (Å²) in [5.41, 5.74) is 1.16. The van der Waals surface area contributed by atoms with Crippen molar-refractivity contribution in [1.29, 1.82) is 0 Å². The van der Waals surface area contributed by atoms with E-state index in [2.05, 4.69) is 10.3 Å². The van der Waals surface area contributed by atoms with E-state index < -0.39 is 5.97 Å². The molecule has 1 aromatic rings. The smallest absolute Gasteiger partial charge is 0.354 e. The van der Waals surface area contributed by atoms with Gasteiger partial charge >= 0.3 is 5.97 Å². The number of aromatic carboxylic acids is 1. The highest BCUT2D eigenvalue weighted by Gasteiger charge is 2.36. The van der Waals surface area contributed by atoms with E-state index in [1.807, 2.05) is 13.8 Å². The molecule has 1 amide bonds. The number of nitrogens with zero attached hydrogens (tertiary/aromatic N) is 1. The molecule has 2 heterocycles. The van der Waals surface area contributed by atoms with Crippen LogP contribution in [0.1, 0.15) is 24.3 Å². The lowest BCUT2D eigenvalue weighted by Gasteiger charge is -2.36. The lowest BCUT2D eigenvalue weighted by molar-refractivity contribution is -0.118. The molecule has 92 valence electrons. The van der Waals surface area contributed by atoms with Crippen molar-refractivity contribution in [3.8, 4) is 0 Å². The highest BCUT2D eigenvalue weighted by Crippen LogP contribution is 2.36. The van der Waals surface area contributed by atoms with Gasteiger partial charge in [-0.15, -0.1) is 0 Å². The summed E-state index contributed by atoms with van der Waals surface area (Å²) in [7, 11) is 1.74. The zero-order chi connectivity index (χ0) is 12.7. The number of anilines is 2.